The molecule has 0 spiro atoms. The van der Waals surface area contributed by atoms with Gasteiger partial charge in [0, 0.05) is 12.2 Å². The Hall–Kier alpha value is -0.830. The second-order valence-corrected chi connectivity index (χ2v) is 4.95. The Morgan fingerprint density at radius 2 is 1.09 bits per heavy atom. The van der Waals surface area contributed by atoms with Crippen molar-refractivity contribution in [2.75, 3.05) is 58.6 Å². The van der Waals surface area contributed by atoms with Crippen LogP contribution in [0.5, 0.6) is 0 Å². The first-order valence-corrected chi connectivity index (χ1v) is 8.49. The second-order valence-electron chi connectivity index (χ2n) is 4.50. The predicted molar refractivity (Wildman–Crippen MR) is 87.8 cm³/mol. The molecule has 0 unspecified atom stereocenters. The number of thiol groups is 1. The summed E-state index contributed by atoms with van der Waals surface area (Å²) in [5.74, 6) is 0.0229. The molecule has 0 aromatic rings. The van der Waals surface area contributed by atoms with Crippen molar-refractivity contribution in [2.24, 2.45) is 0 Å². The fourth-order valence-corrected chi connectivity index (χ4v) is 1.59. The molecule has 136 valence electrons. The molecule has 0 heterocycles. The molecule has 0 amide bonds. The lowest BCUT2D eigenvalue weighted by Crippen LogP contribution is -2.15. The largest absolute Gasteiger partial charge is 0.463 e. The SMILES string of the molecule is CCCC(=O)OCCOCCOCCOCCOC(=O)CCS. The van der Waals surface area contributed by atoms with E-state index >= 15 is 0 Å². The second kappa shape index (κ2) is 17.5. The Balaban J connectivity index is 3.11. The van der Waals surface area contributed by atoms with E-state index in [0.29, 0.717) is 58.2 Å². The number of hydrogen-bond donors (Lipinski definition) is 1. The van der Waals surface area contributed by atoms with Gasteiger partial charge in [-0.1, -0.05) is 6.92 Å². The molecule has 0 aliphatic rings. The maximum absolute atomic E-state index is 11.0. The fourth-order valence-electron chi connectivity index (χ4n) is 1.41. The van der Waals surface area contributed by atoms with Crippen LogP contribution in [-0.4, -0.2) is 70.5 Å². The fraction of sp³-hybridized carbons (Fsp3) is 0.867. The molecular formula is C15H28O7S. The molecule has 0 aromatic carbocycles. The van der Waals surface area contributed by atoms with Crippen LogP contribution in [-0.2, 0) is 33.3 Å². The van der Waals surface area contributed by atoms with E-state index < -0.39 is 0 Å². The van der Waals surface area contributed by atoms with Gasteiger partial charge in [0.15, 0.2) is 0 Å². The number of esters is 2. The van der Waals surface area contributed by atoms with E-state index in [2.05, 4.69) is 12.6 Å². The molecule has 0 rings (SSSR count). The molecule has 8 heteroatoms. The van der Waals surface area contributed by atoms with E-state index in [-0.39, 0.29) is 25.2 Å². The van der Waals surface area contributed by atoms with Crippen molar-refractivity contribution >= 4 is 24.6 Å². The minimum Gasteiger partial charge on any atom is -0.463 e. The first-order valence-electron chi connectivity index (χ1n) is 7.86. The van der Waals surface area contributed by atoms with Gasteiger partial charge in [0.2, 0.25) is 0 Å². The molecule has 0 aromatic heterocycles. The van der Waals surface area contributed by atoms with Gasteiger partial charge in [0.1, 0.15) is 13.2 Å². The van der Waals surface area contributed by atoms with Gasteiger partial charge in [0.25, 0.3) is 0 Å². The van der Waals surface area contributed by atoms with Crippen molar-refractivity contribution in [3.63, 3.8) is 0 Å². The summed E-state index contributed by atoms with van der Waals surface area (Å²) in [6, 6.07) is 0. The monoisotopic (exact) mass is 352 g/mol. The average molecular weight is 352 g/mol. The number of ether oxygens (including phenoxy) is 5. The average Bonchev–Trinajstić information content (AvgIpc) is 2.52. The standard InChI is InChI=1S/C15H28O7S/c1-2-3-14(16)21-11-9-19-7-5-18-6-8-20-10-12-22-15(17)4-13-23/h23H,2-13H2,1H3. The van der Waals surface area contributed by atoms with Crippen molar-refractivity contribution in [3.8, 4) is 0 Å². The van der Waals surface area contributed by atoms with Gasteiger partial charge in [-0.15, -0.1) is 0 Å². The first kappa shape index (κ1) is 22.2. The third-order valence-corrected chi connectivity index (χ3v) is 2.72. The van der Waals surface area contributed by atoms with Gasteiger partial charge in [0.05, 0.1) is 46.1 Å². The number of carbonyl (C=O) groups is 2. The van der Waals surface area contributed by atoms with Crippen LogP contribution in [0.25, 0.3) is 0 Å². The molecule has 0 atom stereocenters. The van der Waals surface area contributed by atoms with Gasteiger partial charge in [-0.2, -0.15) is 12.6 Å². The Morgan fingerprint density at radius 3 is 1.48 bits per heavy atom. The highest BCUT2D eigenvalue weighted by molar-refractivity contribution is 7.80. The van der Waals surface area contributed by atoms with Crippen molar-refractivity contribution < 1.29 is 33.3 Å². The number of rotatable bonds is 16. The number of carbonyl (C=O) groups excluding carboxylic acids is 2. The zero-order valence-corrected chi connectivity index (χ0v) is 14.7. The summed E-state index contributed by atoms with van der Waals surface area (Å²) in [7, 11) is 0. The molecule has 0 saturated heterocycles. The van der Waals surface area contributed by atoms with Gasteiger partial charge in [-0.3, -0.25) is 9.59 Å². The molecule has 0 saturated carbocycles. The summed E-state index contributed by atoms with van der Waals surface area (Å²) in [6.07, 6.45) is 1.54. The summed E-state index contributed by atoms with van der Waals surface area (Å²) in [4.78, 5) is 22.0. The summed E-state index contributed by atoms with van der Waals surface area (Å²) in [5.41, 5.74) is 0. The molecule has 0 N–H and O–H groups in total. The van der Waals surface area contributed by atoms with Crippen molar-refractivity contribution in [3.05, 3.63) is 0 Å². The van der Waals surface area contributed by atoms with Crippen molar-refractivity contribution in [1.29, 1.82) is 0 Å². The zero-order chi connectivity index (χ0) is 17.2. The van der Waals surface area contributed by atoms with E-state index in [1.54, 1.807) is 0 Å². The molecule has 0 bridgehead atoms. The molecule has 23 heavy (non-hydrogen) atoms. The highest BCUT2D eigenvalue weighted by Gasteiger charge is 2.01. The van der Waals surface area contributed by atoms with Crippen LogP contribution >= 0.6 is 12.6 Å². The lowest BCUT2D eigenvalue weighted by atomic mass is 10.3. The molecular weight excluding hydrogens is 324 g/mol. The maximum Gasteiger partial charge on any atom is 0.306 e. The van der Waals surface area contributed by atoms with Gasteiger partial charge < -0.3 is 23.7 Å². The lowest BCUT2D eigenvalue weighted by Gasteiger charge is -2.08. The quantitative estimate of drug-likeness (QED) is 0.254. The van der Waals surface area contributed by atoms with Crippen LogP contribution < -0.4 is 0 Å². The zero-order valence-electron chi connectivity index (χ0n) is 13.8. The van der Waals surface area contributed by atoms with Crippen LogP contribution in [0, 0.1) is 0 Å². The van der Waals surface area contributed by atoms with Crippen LogP contribution in [0.4, 0.5) is 0 Å². The highest BCUT2D eigenvalue weighted by Crippen LogP contribution is 1.91. The van der Waals surface area contributed by atoms with Gasteiger partial charge in [-0.05, 0) is 6.42 Å². The molecule has 0 radical (unpaired) electrons. The summed E-state index contributed by atoms with van der Waals surface area (Å²) >= 11 is 3.93. The Bertz CT molecular complexity index is 272. The van der Waals surface area contributed by atoms with E-state index in [0.717, 1.165) is 6.42 Å². The first-order chi connectivity index (χ1) is 11.2. The van der Waals surface area contributed by atoms with Crippen LogP contribution in [0.15, 0.2) is 0 Å². The van der Waals surface area contributed by atoms with E-state index in [4.69, 9.17) is 23.7 Å². The highest BCUT2D eigenvalue weighted by atomic mass is 32.1. The molecule has 0 aliphatic carbocycles. The van der Waals surface area contributed by atoms with Crippen molar-refractivity contribution in [1.82, 2.24) is 0 Å². The molecule has 0 aliphatic heterocycles. The van der Waals surface area contributed by atoms with Gasteiger partial charge in [-0.25, -0.2) is 0 Å². The topological polar surface area (TPSA) is 80.3 Å². The summed E-state index contributed by atoms with van der Waals surface area (Å²) in [6.45, 7) is 4.91. The smallest absolute Gasteiger partial charge is 0.306 e. The van der Waals surface area contributed by atoms with Crippen LogP contribution in [0.1, 0.15) is 26.2 Å². The minimum atomic E-state index is -0.266. The van der Waals surface area contributed by atoms with E-state index in [9.17, 15) is 9.59 Å². The summed E-state index contributed by atoms with van der Waals surface area (Å²) < 4.78 is 25.6. The molecule has 0 fully saturated rings. The van der Waals surface area contributed by atoms with E-state index in [1.165, 1.54) is 0 Å². The minimum absolute atomic E-state index is 0.194. The summed E-state index contributed by atoms with van der Waals surface area (Å²) in [5, 5.41) is 0. The van der Waals surface area contributed by atoms with Gasteiger partial charge >= 0.3 is 11.9 Å². The Labute approximate surface area is 143 Å². The Kier molecular flexibility index (Phi) is 16.9. The van der Waals surface area contributed by atoms with Crippen molar-refractivity contribution in [2.45, 2.75) is 26.2 Å². The third-order valence-electron chi connectivity index (χ3n) is 2.50. The van der Waals surface area contributed by atoms with E-state index in [1.807, 2.05) is 6.92 Å². The predicted octanol–water partition coefficient (Wildman–Crippen LogP) is 1.24. The third kappa shape index (κ3) is 17.4. The van der Waals surface area contributed by atoms with Crippen LogP contribution in [0.2, 0.25) is 0 Å². The molecule has 7 nitrogen and oxygen atoms in total. The normalized spacial score (nSPS) is 10.5. The maximum atomic E-state index is 11.0. The Morgan fingerprint density at radius 1 is 0.696 bits per heavy atom. The number of hydrogen-bond acceptors (Lipinski definition) is 8. The van der Waals surface area contributed by atoms with Crippen LogP contribution in [0.3, 0.4) is 0 Å². The lowest BCUT2D eigenvalue weighted by molar-refractivity contribution is -0.145.